The van der Waals surface area contributed by atoms with Crippen molar-refractivity contribution in [1.29, 1.82) is 0 Å². The Morgan fingerprint density at radius 2 is 1.61 bits per heavy atom. The lowest BCUT2D eigenvalue weighted by Gasteiger charge is -2.36. The third kappa shape index (κ3) is 3.92. The van der Waals surface area contributed by atoms with Crippen molar-refractivity contribution in [2.24, 2.45) is 5.92 Å². The van der Waals surface area contributed by atoms with Crippen molar-refractivity contribution >= 4 is 28.4 Å². The highest BCUT2D eigenvalue weighted by Gasteiger charge is 2.26. The molecule has 0 radical (unpaired) electrons. The number of fused-ring (bicyclic) bond motifs is 1. The summed E-state index contributed by atoms with van der Waals surface area (Å²) in [5.74, 6) is 2.39. The number of hydrogen-bond acceptors (Lipinski definition) is 6. The molecule has 5 rings (SSSR count). The van der Waals surface area contributed by atoms with Gasteiger partial charge in [-0.2, -0.15) is 0 Å². The summed E-state index contributed by atoms with van der Waals surface area (Å²) in [6, 6.07) is 10.0. The SMILES string of the molecule is CC1CCCN(C(=O)c2cnc(N3CCN(c4ncccn4)CC3)c3ccccc23)C1. The molecule has 2 fully saturated rings. The summed E-state index contributed by atoms with van der Waals surface area (Å²) in [5, 5.41) is 2.03. The number of carbonyl (C=O) groups excluding carboxylic acids is 1. The fourth-order valence-corrected chi connectivity index (χ4v) is 4.72. The number of nitrogens with zero attached hydrogens (tertiary/aromatic N) is 6. The molecule has 4 heterocycles. The van der Waals surface area contributed by atoms with Gasteiger partial charge >= 0.3 is 0 Å². The van der Waals surface area contributed by atoms with Gasteiger partial charge in [-0.05, 0) is 30.2 Å². The highest BCUT2D eigenvalue weighted by molar-refractivity contribution is 6.09. The zero-order valence-corrected chi connectivity index (χ0v) is 17.9. The minimum Gasteiger partial charge on any atom is -0.353 e. The van der Waals surface area contributed by atoms with E-state index in [9.17, 15) is 4.79 Å². The molecule has 1 aromatic carbocycles. The third-order valence-corrected chi connectivity index (χ3v) is 6.36. The molecule has 1 unspecified atom stereocenters. The summed E-state index contributed by atoms with van der Waals surface area (Å²) in [5.41, 5.74) is 0.713. The van der Waals surface area contributed by atoms with Crippen molar-refractivity contribution in [3.05, 3.63) is 54.5 Å². The van der Waals surface area contributed by atoms with Gasteiger partial charge in [-0.25, -0.2) is 15.0 Å². The minimum atomic E-state index is 0.104. The Morgan fingerprint density at radius 3 is 2.35 bits per heavy atom. The molecule has 7 heteroatoms. The maximum absolute atomic E-state index is 13.3. The molecule has 0 N–H and O–H groups in total. The van der Waals surface area contributed by atoms with E-state index in [0.717, 1.165) is 68.2 Å². The first kappa shape index (κ1) is 19.7. The van der Waals surface area contributed by atoms with Crippen LogP contribution >= 0.6 is 0 Å². The van der Waals surface area contributed by atoms with Crippen molar-refractivity contribution in [1.82, 2.24) is 19.9 Å². The lowest BCUT2D eigenvalue weighted by molar-refractivity contribution is 0.0684. The van der Waals surface area contributed by atoms with Gasteiger partial charge in [0.25, 0.3) is 5.91 Å². The lowest BCUT2D eigenvalue weighted by Crippen LogP contribution is -2.47. The van der Waals surface area contributed by atoms with Crippen molar-refractivity contribution in [2.75, 3.05) is 49.1 Å². The highest BCUT2D eigenvalue weighted by atomic mass is 16.2. The molecule has 1 amide bonds. The van der Waals surface area contributed by atoms with Crippen LogP contribution in [0.5, 0.6) is 0 Å². The predicted octanol–water partition coefficient (Wildman–Crippen LogP) is 3.22. The van der Waals surface area contributed by atoms with Gasteiger partial charge in [-0.1, -0.05) is 31.2 Å². The monoisotopic (exact) mass is 416 g/mol. The van der Waals surface area contributed by atoms with Crippen LogP contribution in [0.2, 0.25) is 0 Å². The molecule has 7 nitrogen and oxygen atoms in total. The molecular weight excluding hydrogens is 388 g/mol. The number of likely N-dealkylation sites (tertiary alicyclic amines) is 1. The molecule has 0 saturated carbocycles. The highest BCUT2D eigenvalue weighted by Crippen LogP contribution is 2.30. The number of rotatable bonds is 3. The minimum absolute atomic E-state index is 0.104. The first-order valence-electron chi connectivity index (χ1n) is 11.1. The van der Waals surface area contributed by atoms with Crippen molar-refractivity contribution < 1.29 is 4.79 Å². The van der Waals surface area contributed by atoms with E-state index in [4.69, 9.17) is 4.98 Å². The summed E-state index contributed by atoms with van der Waals surface area (Å²) in [4.78, 5) is 33.3. The molecule has 2 saturated heterocycles. The Bertz CT molecular complexity index is 1060. The van der Waals surface area contributed by atoms with Gasteiger partial charge in [0.1, 0.15) is 5.82 Å². The Balaban J connectivity index is 1.40. The van der Waals surface area contributed by atoms with Gasteiger partial charge in [-0.3, -0.25) is 4.79 Å². The second kappa shape index (κ2) is 8.49. The topological polar surface area (TPSA) is 65.5 Å². The van der Waals surface area contributed by atoms with Gasteiger partial charge in [0.2, 0.25) is 5.95 Å². The quantitative estimate of drug-likeness (QED) is 0.653. The second-order valence-corrected chi connectivity index (χ2v) is 8.56. The Labute approximate surface area is 182 Å². The third-order valence-electron chi connectivity index (χ3n) is 6.36. The number of piperazine rings is 1. The Hall–Kier alpha value is -3.22. The number of piperidine rings is 1. The fraction of sp³-hybridized carbons (Fsp3) is 0.417. The molecule has 0 aliphatic carbocycles. The van der Waals surface area contributed by atoms with Crippen LogP contribution in [0.15, 0.2) is 48.9 Å². The lowest BCUT2D eigenvalue weighted by atomic mass is 9.98. The van der Waals surface area contributed by atoms with Gasteiger partial charge in [0.05, 0.1) is 5.56 Å². The Kier molecular flexibility index (Phi) is 5.40. The zero-order chi connectivity index (χ0) is 21.2. The predicted molar refractivity (Wildman–Crippen MR) is 123 cm³/mol. The van der Waals surface area contributed by atoms with Crippen LogP contribution in [0.25, 0.3) is 10.8 Å². The van der Waals surface area contributed by atoms with Gasteiger partial charge < -0.3 is 14.7 Å². The molecule has 2 aromatic heterocycles. The smallest absolute Gasteiger partial charge is 0.256 e. The van der Waals surface area contributed by atoms with E-state index in [2.05, 4.69) is 38.8 Å². The molecule has 31 heavy (non-hydrogen) atoms. The van der Waals surface area contributed by atoms with E-state index in [1.54, 1.807) is 18.6 Å². The standard InChI is InChI=1S/C24H28N6O/c1-18-6-4-11-30(17-18)23(31)21-16-27-22(20-8-3-2-7-19(20)21)28-12-14-29(15-13-28)24-25-9-5-10-26-24/h2-3,5,7-10,16,18H,4,6,11-15,17H2,1H3. The van der Waals surface area contributed by atoms with E-state index in [-0.39, 0.29) is 5.91 Å². The van der Waals surface area contributed by atoms with Crippen LogP contribution in [0.4, 0.5) is 11.8 Å². The second-order valence-electron chi connectivity index (χ2n) is 8.56. The van der Waals surface area contributed by atoms with Gasteiger partial charge in [-0.15, -0.1) is 0 Å². The number of anilines is 2. The van der Waals surface area contributed by atoms with Crippen LogP contribution in [0.1, 0.15) is 30.1 Å². The van der Waals surface area contributed by atoms with E-state index < -0.39 is 0 Å². The van der Waals surface area contributed by atoms with Crippen LogP contribution in [-0.4, -0.2) is 65.0 Å². The van der Waals surface area contributed by atoms with Crippen LogP contribution in [0.3, 0.4) is 0 Å². The molecule has 2 aliphatic rings. The number of carbonyl (C=O) groups is 1. The van der Waals surface area contributed by atoms with Crippen LogP contribution in [-0.2, 0) is 0 Å². The summed E-state index contributed by atoms with van der Waals surface area (Å²) in [7, 11) is 0. The maximum Gasteiger partial charge on any atom is 0.256 e. The van der Waals surface area contributed by atoms with Crippen molar-refractivity contribution in [3.8, 4) is 0 Å². The maximum atomic E-state index is 13.3. The molecule has 0 bridgehead atoms. The first-order chi connectivity index (χ1) is 15.2. The summed E-state index contributed by atoms with van der Waals surface area (Å²) >= 11 is 0. The van der Waals surface area contributed by atoms with Gasteiger partial charge in [0.15, 0.2) is 0 Å². The summed E-state index contributed by atoms with van der Waals surface area (Å²) < 4.78 is 0. The summed E-state index contributed by atoms with van der Waals surface area (Å²) in [6.45, 7) is 7.25. The molecule has 160 valence electrons. The van der Waals surface area contributed by atoms with Crippen molar-refractivity contribution in [2.45, 2.75) is 19.8 Å². The zero-order valence-electron chi connectivity index (χ0n) is 17.9. The average molecular weight is 417 g/mol. The number of benzene rings is 1. The Morgan fingerprint density at radius 1 is 0.903 bits per heavy atom. The average Bonchev–Trinajstić information content (AvgIpc) is 2.84. The van der Waals surface area contributed by atoms with Crippen LogP contribution in [0, 0.1) is 5.92 Å². The van der Waals surface area contributed by atoms with E-state index in [1.807, 2.05) is 23.1 Å². The van der Waals surface area contributed by atoms with Gasteiger partial charge in [0, 0.05) is 63.2 Å². The molecule has 0 spiro atoms. The first-order valence-corrected chi connectivity index (χ1v) is 11.1. The van der Waals surface area contributed by atoms with Crippen LogP contribution < -0.4 is 9.80 Å². The molecule has 2 aliphatic heterocycles. The molecule has 3 aromatic rings. The number of pyridine rings is 1. The number of amides is 1. The number of hydrogen-bond donors (Lipinski definition) is 0. The number of aromatic nitrogens is 3. The fourth-order valence-electron chi connectivity index (χ4n) is 4.72. The summed E-state index contributed by atoms with van der Waals surface area (Å²) in [6.07, 6.45) is 7.62. The van der Waals surface area contributed by atoms with E-state index in [1.165, 1.54) is 6.42 Å². The van der Waals surface area contributed by atoms with Crippen molar-refractivity contribution in [3.63, 3.8) is 0 Å². The van der Waals surface area contributed by atoms with E-state index in [0.29, 0.717) is 11.5 Å². The molecular formula is C24H28N6O. The molecule has 1 atom stereocenters. The largest absolute Gasteiger partial charge is 0.353 e. The van der Waals surface area contributed by atoms with E-state index >= 15 is 0 Å². The normalized spacial score (nSPS) is 19.6.